The summed E-state index contributed by atoms with van der Waals surface area (Å²) in [6.45, 7) is 1.72. The molecule has 9 heteroatoms. The van der Waals surface area contributed by atoms with Gasteiger partial charge in [-0.1, -0.05) is 12.1 Å². The van der Waals surface area contributed by atoms with Crippen LogP contribution in [-0.2, 0) is 15.8 Å². The van der Waals surface area contributed by atoms with Gasteiger partial charge in [0.15, 0.2) is 5.78 Å². The highest BCUT2D eigenvalue weighted by Crippen LogP contribution is 2.46. The molecule has 35 heavy (non-hydrogen) atoms. The molecule has 2 N–H and O–H groups in total. The van der Waals surface area contributed by atoms with E-state index in [1.54, 1.807) is 25.1 Å². The number of methoxy groups -OCH3 is 2. The standard InChI is InChI=1S/C26H25F3N2O4/c1-14-22(25(33)31-16-7-4-6-15(12-16)26(27,28)29)23(24-19(30-14)8-5-9-20(24)32)18-11-10-17(34-2)13-21(18)35-3/h4,6-7,10-13,23,30H,5,8-9H2,1-3H3,(H,31,33). The maximum Gasteiger partial charge on any atom is 0.416 e. The molecule has 4 rings (SSSR count). The van der Waals surface area contributed by atoms with E-state index in [-0.39, 0.29) is 17.0 Å². The molecule has 0 aromatic heterocycles. The summed E-state index contributed by atoms with van der Waals surface area (Å²) in [4.78, 5) is 26.6. The van der Waals surface area contributed by atoms with Crippen LogP contribution >= 0.6 is 0 Å². The van der Waals surface area contributed by atoms with Crippen molar-refractivity contribution in [3.63, 3.8) is 0 Å². The average molecular weight is 486 g/mol. The minimum absolute atomic E-state index is 0.000295. The molecule has 1 amide bonds. The van der Waals surface area contributed by atoms with Crippen LogP contribution < -0.4 is 20.1 Å². The summed E-state index contributed by atoms with van der Waals surface area (Å²) in [7, 11) is 3.00. The summed E-state index contributed by atoms with van der Waals surface area (Å²) in [5.74, 6) is -0.482. The second-order valence-corrected chi connectivity index (χ2v) is 8.41. The molecule has 1 unspecified atom stereocenters. The smallest absolute Gasteiger partial charge is 0.416 e. The SMILES string of the molecule is COc1ccc(C2C(C(=O)Nc3cccc(C(F)(F)F)c3)=C(C)NC3=C2C(=O)CCC3)c(OC)c1. The van der Waals surface area contributed by atoms with Gasteiger partial charge in [-0.3, -0.25) is 9.59 Å². The third-order valence-electron chi connectivity index (χ3n) is 6.22. The fourth-order valence-electron chi connectivity index (χ4n) is 4.62. The van der Waals surface area contributed by atoms with Crippen molar-refractivity contribution >= 4 is 17.4 Å². The Morgan fingerprint density at radius 3 is 2.54 bits per heavy atom. The van der Waals surface area contributed by atoms with Crippen LogP contribution in [0.2, 0.25) is 0 Å². The molecule has 0 spiro atoms. The molecule has 0 radical (unpaired) electrons. The van der Waals surface area contributed by atoms with Crippen LogP contribution in [0.3, 0.4) is 0 Å². The van der Waals surface area contributed by atoms with Gasteiger partial charge in [0.2, 0.25) is 0 Å². The van der Waals surface area contributed by atoms with Crippen molar-refractivity contribution in [2.24, 2.45) is 0 Å². The van der Waals surface area contributed by atoms with E-state index in [4.69, 9.17) is 9.47 Å². The number of amides is 1. The number of anilines is 1. The zero-order valence-electron chi connectivity index (χ0n) is 19.5. The molecule has 6 nitrogen and oxygen atoms in total. The Labute approximate surface area is 200 Å². The predicted molar refractivity (Wildman–Crippen MR) is 124 cm³/mol. The number of carbonyl (C=O) groups is 2. The van der Waals surface area contributed by atoms with E-state index in [2.05, 4.69) is 10.6 Å². The number of hydrogen-bond donors (Lipinski definition) is 2. The van der Waals surface area contributed by atoms with Crippen molar-refractivity contribution in [3.05, 3.63) is 76.1 Å². The molecule has 0 bridgehead atoms. The Hall–Kier alpha value is -3.75. The van der Waals surface area contributed by atoms with Gasteiger partial charge in [-0.05, 0) is 44.0 Å². The Morgan fingerprint density at radius 1 is 1.09 bits per heavy atom. The highest BCUT2D eigenvalue weighted by molar-refractivity contribution is 6.10. The van der Waals surface area contributed by atoms with Crippen molar-refractivity contribution in [2.75, 3.05) is 19.5 Å². The van der Waals surface area contributed by atoms with E-state index in [0.717, 1.165) is 17.8 Å². The molecular formula is C26H25F3N2O4. The van der Waals surface area contributed by atoms with Crippen LogP contribution in [0.4, 0.5) is 18.9 Å². The molecule has 2 aliphatic rings. The van der Waals surface area contributed by atoms with E-state index in [0.29, 0.717) is 47.6 Å². The van der Waals surface area contributed by atoms with Crippen molar-refractivity contribution < 1.29 is 32.2 Å². The van der Waals surface area contributed by atoms with Gasteiger partial charge in [0.05, 0.1) is 25.7 Å². The number of allylic oxidation sites excluding steroid dienone is 3. The number of rotatable bonds is 5. The minimum atomic E-state index is -4.55. The van der Waals surface area contributed by atoms with Crippen molar-refractivity contribution in [1.82, 2.24) is 5.32 Å². The fraction of sp³-hybridized carbons (Fsp3) is 0.308. The molecule has 1 aliphatic carbocycles. The number of ether oxygens (including phenoxy) is 2. The molecule has 1 atom stereocenters. The maximum atomic E-state index is 13.5. The van der Waals surface area contributed by atoms with Gasteiger partial charge in [-0.15, -0.1) is 0 Å². The van der Waals surface area contributed by atoms with Crippen molar-refractivity contribution in [2.45, 2.75) is 38.3 Å². The molecule has 0 fully saturated rings. The zero-order chi connectivity index (χ0) is 25.3. The van der Waals surface area contributed by atoms with E-state index < -0.39 is 23.6 Å². The Bertz CT molecular complexity index is 1250. The summed E-state index contributed by atoms with van der Waals surface area (Å²) >= 11 is 0. The van der Waals surface area contributed by atoms with E-state index >= 15 is 0 Å². The summed E-state index contributed by atoms with van der Waals surface area (Å²) in [5, 5.41) is 5.78. The second kappa shape index (κ2) is 9.48. The molecular weight excluding hydrogens is 461 g/mol. The third-order valence-corrected chi connectivity index (χ3v) is 6.22. The Kier molecular flexibility index (Phi) is 6.60. The lowest BCUT2D eigenvalue weighted by Crippen LogP contribution is -2.35. The summed E-state index contributed by atoms with van der Waals surface area (Å²) in [5.41, 5.74) is 1.69. The summed E-state index contributed by atoms with van der Waals surface area (Å²) in [6.07, 6.45) is -2.86. The predicted octanol–water partition coefficient (Wildman–Crippen LogP) is 5.33. The Balaban J connectivity index is 1.81. The first-order chi connectivity index (χ1) is 16.6. The number of hydrogen-bond acceptors (Lipinski definition) is 5. The van der Waals surface area contributed by atoms with Crippen LogP contribution in [0, 0.1) is 0 Å². The number of nitrogens with one attached hydrogen (secondary N) is 2. The molecule has 0 saturated heterocycles. The highest BCUT2D eigenvalue weighted by atomic mass is 19.4. The molecule has 2 aromatic carbocycles. The Morgan fingerprint density at radius 2 is 1.86 bits per heavy atom. The molecule has 0 saturated carbocycles. The van der Waals surface area contributed by atoms with Crippen molar-refractivity contribution in [3.8, 4) is 11.5 Å². The van der Waals surface area contributed by atoms with Crippen LogP contribution in [0.5, 0.6) is 11.5 Å². The van der Waals surface area contributed by atoms with E-state index in [9.17, 15) is 22.8 Å². The number of carbonyl (C=O) groups excluding carboxylic acids is 2. The van der Waals surface area contributed by atoms with E-state index in [1.807, 2.05) is 0 Å². The average Bonchev–Trinajstić information content (AvgIpc) is 2.82. The minimum Gasteiger partial charge on any atom is -0.497 e. The second-order valence-electron chi connectivity index (χ2n) is 8.41. The van der Waals surface area contributed by atoms with Gasteiger partial charge in [-0.25, -0.2) is 0 Å². The van der Waals surface area contributed by atoms with Crippen LogP contribution in [-0.4, -0.2) is 25.9 Å². The molecule has 184 valence electrons. The third kappa shape index (κ3) is 4.76. The quantitative estimate of drug-likeness (QED) is 0.598. The van der Waals surface area contributed by atoms with Crippen molar-refractivity contribution in [1.29, 1.82) is 0 Å². The number of alkyl halides is 3. The van der Waals surface area contributed by atoms with Gasteiger partial charge >= 0.3 is 6.18 Å². The van der Waals surface area contributed by atoms with E-state index in [1.165, 1.54) is 26.4 Å². The highest BCUT2D eigenvalue weighted by Gasteiger charge is 2.40. The van der Waals surface area contributed by atoms with Gasteiger partial charge in [0, 0.05) is 46.3 Å². The summed E-state index contributed by atoms with van der Waals surface area (Å²) < 4.78 is 50.4. The molecule has 2 aromatic rings. The first-order valence-electron chi connectivity index (χ1n) is 11.1. The first kappa shape index (κ1) is 24.4. The molecule has 1 heterocycles. The van der Waals surface area contributed by atoms with Crippen LogP contribution in [0.1, 0.15) is 43.2 Å². The number of ketones is 1. The van der Waals surface area contributed by atoms with Crippen LogP contribution in [0.15, 0.2) is 65.0 Å². The summed E-state index contributed by atoms with van der Waals surface area (Å²) in [6, 6.07) is 9.56. The van der Waals surface area contributed by atoms with Gasteiger partial charge in [0.1, 0.15) is 11.5 Å². The maximum absolute atomic E-state index is 13.5. The topological polar surface area (TPSA) is 76.7 Å². The lowest BCUT2D eigenvalue weighted by Gasteiger charge is -2.35. The normalized spacial score (nSPS) is 18.1. The van der Waals surface area contributed by atoms with Crippen LogP contribution in [0.25, 0.3) is 0 Å². The first-order valence-corrected chi connectivity index (χ1v) is 11.1. The zero-order valence-corrected chi connectivity index (χ0v) is 19.5. The number of dihydropyridines is 1. The number of benzene rings is 2. The molecule has 1 aliphatic heterocycles. The largest absolute Gasteiger partial charge is 0.497 e. The van der Waals surface area contributed by atoms with Gasteiger partial charge < -0.3 is 20.1 Å². The number of Topliss-reactive ketones (excluding diaryl/α,β-unsaturated/α-hetero) is 1. The lowest BCUT2D eigenvalue weighted by molar-refractivity contribution is -0.137. The van der Waals surface area contributed by atoms with Gasteiger partial charge in [0.25, 0.3) is 5.91 Å². The monoisotopic (exact) mass is 486 g/mol. The fourth-order valence-corrected chi connectivity index (χ4v) is 4.62. The van der Waals surface area contributed by atoms with Gasteiger partial charge in [-0.2, -0.15) is 13.2 Å². The lowest BCUT2D eigenvalue weighted by atomic mass is 9.74. The number of halogens is 3.